The van der Waals surface area contributed by atoms with Gasteiger partial charge in [-0.05, 0) is 24.4 Å². The standard InChI is InChI=1S/C8H6FN3OS/c9-4-1-2-5(6(13)3-4)7-10-8(14)12-11-7/h1-3,13H,(H2,10,11,12,14). The highest BCUT2D eigenvalue weighted by atomic mass is 32.1. The summed E-state index contributed by atoms with van der Waals surface area (Å²) in [5.41, 5.74) is 0.402. The van der Waals surface area contributed by atoms with Crippen molar-refractivity contribution >= 4 is 12.2 Å². The highest BCUT2D eigenvalue weighted by molar-refractivity contribution is 7.71. The van der Waals surface area contributed by atoms with Gasteiger partial charge >= 0.3 is 0 Å². The Kier molecular flexibility index (Phi) is 2.05. The number of phenolic OH excluding ortho intramolecular Hbond substituents is 1. The summed E-state index contributed by atoms with van der Waals surface area (Å²) in [7, 11) is 0. The number of nitrogens with one attached hydrogen (secondary N) is 2. The fraction of sp³-hybridized carbons (Fsp3) is 0. The van der Waals surface area contributed by atoms with Gasteiger partial charge in [0.15, 0.2) is 5.82 Å². The van der Waals surface area contributed by atoms with Crippen LogP contribution >= 0.6 is 12.2 Å². The Morgan fingerprint density at radius 1 is 1.36 bits per heavy atom. The van der Waals surface area contributed by atoms with E-state index < -0.39 is 5.82 Å². The maximum atomic E-state index is 12.6. The van der Waals surface area contributed by atoms with Crippen LogP contribution in [0.5, 0.6) is 5.75 Å². The van der Waals surface area contributed by atoms with Crippen LogP contribution in [0.15, 0.2) is 18.2 Å². The summed E-state index contributed by atoms with van der Waals surface area (Å²) in [5, 5.41) is 14.6. The number of aromatic hydroxyl groups is 1. The summed E-state index contributed by atoms with van der Waals surface area (Å²) in [6.07, 6.45) is 0. The Morgan fingerprint density at radius 3 is 2.71 bits per heavy atom. The highest BCUT2D eigenvalue weighted by Crippen LogP contribution is 2.26. The first-order valence-electron chi connectivity index (χ1n) is 3.80. The van der Waals surface area contributed by atoms with E-state index in [2.05, 4.69) is 15.2 Å². The Morgan fingerprint density at radius 2 is 2.14 bits per heavy atom. The molecule has 1 heterocycles. The third-order valence-corrected chi connectivity index (χ3v) is 1.91. The maximum absolute atomic E-state index is 12.6. The first-order chi connectivity index (χ1) is 6.66. The molecule has 0 radical (unpaired) electrons. The zero-order chi connectivity index (χ0) is 10.1. The topological polar surface area (TPSA) is 64.7 Å². The Balaban J connectivity index is 2.57. The van der Waals surface area contributed by atoms with Crippen molar-refractivity contribution < 1.29 is 9.50 Å². The van der Waals surface area contributed by atoms with E-state index in [1.807, 2.05) is 0 Å². The average Bonchev–Trinajstić information content (AvgIpc) is 2.51. The van der Waals surface area contributed by atoms with Crippen LogP contribution in [0.1, 0.15) is 0 Å². The van der Waals surface area contributed by atoms with Crippen LogP contribution in [-0.4, -0.2) is 20.3 Å². The van der Waals surface area contributed by atoms with Gasteiger partial charge in [-0.2, -0.15) is 4.98 Å². The van der Waals surface area contributed by atoms with E-state index in [9.17, 15) is 9.50 Å². The van der Waals surface area contributed by atoms with Crippen molar-refractivity contribution in [3.05, 3.63) is 28.8 Å². The molecule has 4 nitrogen and oxygen atoms in total. The molecule has 2 rings (SSSR count). The van der Waals surface area contributed by atoms with Gasteiger partial charge < -0.3 is 5.11 Å². The lowest BCUT2D eigenvalue weighted by atomic mass is 10.2. The summed E-state index contributed by atoms with van der Waals surface area (Å²) in [6.45, 7) is 0. The quantitative estimate of drug-likeness (QED) is 0.632. The van der Waals surface area contributed by atoms with Gasteiger partial charge in [0.25, 0.3) is 0 Å². The van der Waals surface area contributed by atoms with Gasteiger partial charge in [-0.15, -0.1) is 0 Å². The monoisotopic (exact) mass is 211 g/mol. The van der Waals surface area contributed by atoms with Crippen LogP contribution in [0.3, 0.4) is 0 Å². The molecule has 0 bridgehead atoms. The number of hydrogen-bond acceptors (Lipinski definition) is 3. The minimum atomic E-state index is -0.500. The summed E-state index contributed by atoms with van der Waals surface area (Å²) in [4.78, 5) is 3.89. The molecular weight excluding hydrogens is 205 g/mol. The van der Waals surface area contributed by atoms with Crippen molar-refractivity contribution in [2.24, 2.45) is 0 Å². The van der Waals surface area contributed by atoms with Crippen molar-refractivity contribution in [3.63, 3.8) is 0 Å². The van der Waals surface area contributed by atoms with Crippen molar-refractivity contribution in [1.82, 2.24) is 15.2 Å². The van der Waals surface area contributed by atoms with Gasteiger partial charge in [0, 0.05) is 6.07 Å². The molecule has 14 heavy (non-hydrogen) atoms. The first kappa shape index (κ1) is 8.89. The van der Waals surface area contributed by atoms with Crippen LogP contribution in [0.25, 0.3) is 11.4 Å². The fourth-order valence-electron chi connectivity index (χ4n) is 1.10. The zero-order valence-electron chi connectivity index (χ0n) is 6.91. The van der Waals surface area contributed by atoms with Gasteiger partial charge in [0.05, 0.1) is 5.56 Å². The predicted octanol–water partition coefficient (Wildman–Crippen LogP) is 1.98. The lowest BCUT2D eigenvalue weighted by Crippen LogP contribution is -1.83. The zero-order valence-corrected chi connectivity index (χ0v) is 7.73. The van der Waals surface area contributed by atoms with Crippen LogP contribution < -0.4 is 0 Å². The molecule has 0 aliphatic carbocycles. The van der Waals surface area contributed by atoms with Gasteiger partial charge in [-0.1, -0.05) is 0 Å². The van der Waals surface area contributed by atoms with Crippen LogP contribution in [0.2, 0.25) is 0 Å². The normalized spacial score (nSPS) is 10.4. The smallest absolute Gasteiger partial charge is 0.213 e. The second-order valence-corrected chi connectivity index (χ2v) is 3.06. The number of nitrogens with zero attached hydrogens (tertiary/aromatic N) is 1. The van der Waals surface area contributed by atoms with Crippen LogP contribution in [0.4, 0.5) is 4.39 Å². The van der Waals surface area contributed by atoms with Crippen molar-refractivity contribution in [2.75, 3.05) is 0 Å². The number of H-pyrrole nitrogens is 2. The second-order valence-electron chi connectivity index (χ2n) is 2.68. The Labute approximate surface area is 83.4 Å². The largest absolute Gasteiger partial charge is 0.507 e. The van der Waals surface area contributed by atoms with E-state index in [-0.39, 0.29) is 10.5 Å². The Bertz CT molecular complexity index is 519. The van der Waals surface area contributed by atoms with Gasteiger partial charge in [-0.3, -0.25) is 10.2 Å². The first-order valence-corrected chi connectivity index (χ1v) is 4.21. The summed E-state index contributed by atoms with van der Waals surface area (Å²) >= 11 is 4.75. The number of aromatic nitrogens is 3. The fourth-order valence-corrected chi connectivity index (χ4v) is 1.25. The molecular formula is C8H6FN3OS. The minimum Gasteiger partial charge on any atom is -0.507 e. The highest BCUT2D eigenvalue weighted by Gasteiger charge is 2.07. The van der Waals surface area contributed by atoms with Crippen molar-refractivity contribution in [3.8, 4) is 17.1 Å². The van der Waals surface area contributed by atoms with E-state index in [1.165, 1.54) is 12.1 Å². The predicted molar refractivity (Wildman–Crippen MR) is 50.8 cm³/mol. The molecule has 1 aromatic heterocycles. The second kappa shape index (κ2) is 3.22. The molecule has 0 spiro atoms. The molecule has 0 aliphatic heterocycles. The number of phenols is 1. The molecule has 0 unspecified atom stereocenters. The molecule has 0 fully saturated rings. The van der Waals surface area contributed by atoms with Crippen molar-refractivity contribution in [1.29, 1.82) is 0 Å². The number of aromatic amines is 2. The number of halogens is 1. The third kappa shape index (κ3) is 1.51. The van der Waals surface area contributed by atoms with E-state index in [4.69, 9.17) is 12.2 Å². The molecule has 3 N–H and O–H groups in total. The van der Waals surface area contributed by atoms with Crippen LogP contribution in [0, 0.1) is 10.6 Å². The molecule has 0 saturated carbocycles. The molecule has 0 amide bonds. The van der Waals surface area contributed by atoms with Crippen molar-refractivity contribution in [2.45, 2.75) is 0 Å². The number of hydrogen-bond donors (Lipinski definition) is 3. The van der Waals surface area contributed by atoms with Crippen LogP contribution in [-0.2, 0) is 0 Å². The summed E-state index contributed by atoms with van der Waals surface area (Å²) < 4.78 is 12.9. The van der Waals surface area contributed by atoms with E-state index in [0.29, 0.717) is 11.4 Å². The molecule has 72 valence electrons. The summed E-state index contributed by atoms with van der Waals surface area (Å²) in [5.74, 6) is -0.296. The minimum absolute atomic E-state index is 0.178. The van der Waals surface area contributed by atoms with E-state index in [0.717, 1.165) is 6.07 Å². The lowest BCUT2D eigenvalue weighted by molar-refractivity contribution is 0.470. The molecule has 6 heteroatoms. The molecule has 0 atom stereocenters. The SMILES string of the molecule is Oc1cc(F)ccc1-c1nc(=S)[nH][nH]1. The third-order valence-electron chi connectivity index (χ3n) is 1.72. The Hall–Kier alpha value is -1.69. The van der Waals surface area contributed by atoms with Gasteiger partial charge in [-0.25, -0.2) is 4.39 Å². The number of benzene rings is 1. The molecule has 2 aromatic rings. The lowest BCUT2D eigenvalue weighted by Gasteiger charge is -1.99. The van der Waals surface area contributed by atoms with Gasteiger partial charge in [0.1, 0.15) is 11.6 Å². The van der Waals surface area contributed by atoms with Gasteiger partial charge in [0.2, 0.25) is 4.77 Å². The van der Waals surface area contributed by atoms with E-state index in [1.54, 1.807) is 0 Å². The molecule has 0 aliphatic rings. The maximum Gasteiger partial charge on any atom is 0.213 e. The van der Waals surface area contributed by atoms with E-state index >= 15 is 0 Å². The molecule has 1 aromatic carbocycles. The molecule has 0 saturated heterocycles. The average molecular weight is 211 g/mol. The number of rotatable bonds is 1. The summed E-state index contributed by atoms with van der Waals surface area (Å²) in [6, 6.07) is 3.67.